The summed E-state index contributed by atoms with van der Waals surface area (Å²) in [5, 5.41) is 22.9. The van der Waals surface area contributed by atoms with E-state index < -0.39 is 11.6 Å². The minimum atomic E-state index is -0.929. The van der Waals surface area contributed by atoms with Gasteiger partial charge in [-0.1, -0.05) is 44.0 Å². The summed E-state index contributed by atoms with van der Waals surface area (Å²) in [6.07, 6.45) is 3.31. The Labute approximate surface area is 157 Å². The van der Waals surface area contributed by atoms with Crippen molar-refractivity contribution in [1.29, 1.82) is 0 Å². The van der Waals surface area contributed by atoms with Gasteiger partial charge in [0.1, 0.15) is 12.4 Å². The van der Waals surface area contributed by atoms with E-state index in [1.807, 2.05) is 30.9 Å². The predicted molar refractivity (Wildman–Crippen MR) is 97.5 cm³/mol. The molecule has 1 fully saturated rings. The zero-order valence-corrected chi connectivity index (χ0v) is 15.8. The molecule has 1 aromatic carbocycles. The van der Waals surface area contributed by atoms with Crippen LogP contribution in [0.2, 0.25) is 5.02 Å². The van der Waals surface area contributed by atoms with Crippen LogP contribution in [0.15, 0.2) is 30.6 Å². The number of aromatic nitrogens is 4. The fraction of sp³-hybridized carbons (Fsp3) is 0.556. The molecule has 1 aromatic heterocycles. The fourth-order valence-electron chi connectivity index (χ4n) is 3.47. The third-order valence-corrected chi connectivity index (χ3v) is 5.62. The van der Waals surface area contributed by atoms with Gasteiger partial charge in [0.2, 0.25) is 5.91 Å². The van der Waals surface area contributed by atoms with Crippen molar-refractivity contribution in [2.45, 2.75) is 44.8 Å². The first-order chi connectivity index (χ1) is 12.4. The van der Waals surface area contributed by atoms with Crippen molar-refractivity contribution >= 4 is 17.5 Å². The Bertz CT molecular complexity index is 727. The van der Waals surface area contributed by atoms with E-state index in [1.165, 1.54) is 11.0 Å². The molecule has 26 heavy (non-hydrogen) atoms. The first-order valence-electron chi connectivity index (χ1n) is 8.94. The lowest BCUT2D eigenvalue weighted by atomic mass is 9.84. The van der Waals surface area contributed by atoms with Gasteiger partial charge in [0.05, 0.1) is 5.60 Å². The first-order valence-corrected chi connectivity index (χ1v) is 9.32. The van der Waals surface area contributed by atoms with Crippen molar-refractivity contribution in [1.82, 2.24) is 25.1 Å². The molecule has 1 saturated heterocycles. The molecule has 2 unspecified atom stereocenters. The fourth-order valence-corrected chi connectivity index (χ4v) is 3.60. The van der Waals surface area contributed by atoms with Crippen molar-refractivity contribution < 1.29 is 9.90 Å². The Kier molecular flexibility index (Phi) is 5.58. The SMILES string of the molecule is CCC(C)C(C(=O)N1CCC(O)(c2ccc(Cl)cc2)CC1)n1cnnn1. The van der Waals surface area contributed by atoms with Gasteiger partial charge in [0.15, 0.2) is 0 Å². The van der Waals surface area contributed by atoms with Gasteiger partial charge in [0, 0.05) is 18.1 Å². The number of piperidine rings is 1. The highest BCUT2D eigenvalue weighted by Gasteiger charge is 2.38. The van der Waals surface area contributed by atoms with Crippen LogP contribution in [0.3, 0.4) is 0 Å². The topological polar surface area (TPSA) is 84.1 Å². The Morgan fingerprint density at radius 3 is 2.50 bits per heavy atom. The van der Waals surface area contributed by atoms with E-state index in [-0.39, 0.29) is 11.8 Å². The number of carbonyl (C=O) groups excluding carboxylic acids is 1. The maximum atomic E-state index is 13.1. The van der Waals surface area contributed by atoms with Crippen LogP contribution in [-0.4, -0.2) is 49.2 Å². The lowest BCUT2D eigenvalue weighted by molar-refractivity contribution is -0.141. The number of tetrazole rings is 1. The largest absolute Gasteiger partial charge is 0.385 e. The molecule has 1 aliphatic heterocycles. The van der Waals surface area contributed by atoms with Crippen molar-refractivity contribution in [3.8, 4) is 0 Å². The molecule has 7 nitrogen and oxygen atoms in total. The summed E-state index contributed by atoms with van der Waals surface area (Å²) in [7, 11) is 0. The molecule has 3 rings (SSSR count). The number of benzene rings is 1. The van der Waals surface area contributed by atoms with E-state index in [0.717, 1.165) is 12.0 Å². The van der Waals surface area contributed by atoms with E-state index >= 15 is 0 Å². The van der Waals surface area contributed by atoms with E-state index in [9.17, 15) is 9.90 Å². The molecule has 2 aromatic rings. The van der Waals surface area contributed by atoms with Gasteiger partial charge < -0.3 is 10.0 Å². The zero-order valence-electron chi connectivity index (χ0n) is 15.0. The number of halogens is 1. The minimum Gasteiger partial charge on any atom is -0.385 e. The van der Waals surface area contributed by atoms with Gasteiger partial charge in [-0.2, -0.15) is 0 Å². The number of hydrogen-bond acceptors (Lipinski definition) is 5. The molecular formula is C18H24ClN5O2. The van der Waals surface area contributed by atoms with Gasteiger partial charge in [-0.25, -0.2) is 4.68 Å². The van der Waals surface area contributed by atoms with Crippen molar-refractivity contribution in [2.75, 3.05) is 13.1 Å². The van der Waals surface area contributed by atoms with E-state index in [4.69, 9.17) is 11.6 Å². The Hall–Kier alpha value is -1.99. The Balaban J connectivity index is 1.72. The van der Waals surface area contributed by atoms with Crippen LogP contribution in [0.25, 0.3) is 0 Å². The summed E-state index contributed by atoms with van der Waals surface area (Å²) in [5.74, 6) is 0.118. The quantitative estimate of drug-likeness (QED) is 0.865. The van der Waals surface area contributed by atoms with Gasteiger partial charge in [-0.05, 0) is 46.9 Å². The lowest BCUT2D eigenvalue weighted by Crippen LogP contribution is -2.48. The summed E-state index contributed by atoms with van der Waals surface area (Å²) in [6.45, 7) is 5.06. The summed E-state index contributed by atoms with van der Waals surface area (Å²) in [6, 6.07) is 6.84. The summed E-state index contributed by atoms with van der Waals surface area (Å²) in [5.41, 5.74) is -0.0878. The summed E-state index contributed by atoms with van der Waals surface area (Å²) >= 11 is 5.93. The van der Waals surface area contributed by atoms with Crippen LogP contribution in [0.5, 0.6) is 0 Å². The van der Waals surface area contributed by atoms with Crippen LogP contribution in [-0.2, 0) is 10.4 Å². The number of nitrogens with zero attached hydrogens (tertiary/aromatic N) is 5. The normalized spacial score (nSPS) is 19.2. The second-order valence-corrected chi connectivity index (χ2v) is 7.42. The summed E-state index contributed by atoms with van der Waals surface area (Å²) in [4.78, 5) is 14.9. The molecule has 0 bridgehead atoms. The van der Waals surface area contributed by atoms with Crippen LogP contribution in [0.1, 0.15) is 44.7 Å². The van der Waals surface area contributed by atoms with Crippen molar-refractivity contribution in [3.05, 3.63) is 41.2 Å². The third kappa shape index (κ3) is 3.73. The molecular weight excluding hydrogens is 354 g/mol. The molecule has 0 saturated carbocycles. The summed E-state index contributed by atoms with van der Waals surface area (Å²) < 4.78 is 1.54. The minimum absolute atomic E-state index is 0.00445. The molecule has 140 valence electrons. The molecule has 0 spiro atoms. The number of carbonyl (C=O) groups is 1. The molecule has 0 radical (unpaired) electrons. The highest BCUT2D eigenvalue weighted by atomic mass is 35.5. The Morgan fingerprint density at radius 2 is 1.96 bits per heavy atom. The Morgan fingerprint density at radius 1 is 1.31 bits per heavy atom. The number of aliphatic hydroxyl groups is 1. The van der Waals surface area contributed by atoms with Crippen LogP contribution in [0.4, 0.5) is 0 Å². The van der Waals surface area contributed by atoms with Gasteiger partial charge in [0.25, 0.3) is 0 Å². The second-order valence-electron chi connectivity index (χ2n) is 6.98. The first kappa shape index (κ1) is 18.8. The van der Waals surface area contributed by atoms with E-state index in [0.29, 0.717) is 31.0 Å². The van der Waals surface area contributed by atoms with Crippen molar-refractivity contribution in [2.24, 2.45) is 5.92 Å². The van der Waals surface area contributed by atoms with Crippen LogP contribution in [0, 0.1) is 5.92 Å². The number of likely N-dealkylation sites (tertiary alicyclic amines) is 1. The van der Waals surface area contributed by atoms with E-state index in [1.54, 1.807) is 12.1 Å². The maximum absolute atomic E-state index is 13.1. The average Bonchev–Trinajstić information content (AvgIpc) is 3.17. The zero-order chi connectivity index (χ0) is 18.7. The maximum Gasteiger partial charge on any atom is 0.247 e. The standard InChI is InChI=1S/C18H24ClN5O2/c1-3-13(2)16(24-12-20-21-22-24)17(25)23-10-8-18(26,9-11-23)14-4-6-15(19)7-5-14/h4-7,12-13,16,26H,3,8-11H2,1-2H3. The monoisotopic (exact) mass is 377 g/mol. The number of hydrogen-bond donors (Lipinski definition) is 1. The second kappa shape index (κ2) is 7.72. The molecule has 2 heterocycles. The highest BCUT2D eigenvalue weighted by Crippen LogP contribution is 2.34. The molecule has 0 aliphatic carbocycles. The average molecular weight is 378 g/mol. The number of rotatable bonds is 5. The predicted octanol–water partition coefficient (Wildman–Crippen LogP) is 2.42. The van der Waals surface area contributed by atoms with Gasteiger partial charge in [-0.15, -0.1) is 5.10 Å². The lowest BCUT2D eigenvalue weighted by Gasteiger charge is -2.40. The molecule has 2 atom stereocenters. The molecule has 1 aliphatic rings. The van der Waals surface area contributed by atoms with E-state index in [2.05, 4.69) is 15.5 Å². The smallest absolute Gasteiger partial charge is 0.247 e. The van der Waals surface area contributed by atoms with Gasteiger partial charge >= 0.3 is 0 Å². The van der Waals surface area contributed by atoms with Crippen LogP contribution >= 0.6 is 11.6 Å². The highest BCUT2D eigenvalue weighted by molar-refractivity contribution is 6.30. The number of amides is 1. The molecule has 1 amide bonds. The van der Waals surface area contributed by atoms with Crippen LogP contribution < -0.4 is 0 Å². The third-order valence-electron chi connectivity index (χ3n) is 5.37. The van der Waals surface area contributed by atoms with Gasteiger partial charge in [-0.3, -0.25) is 4.79 Å². The molecule has 8 heteroatoms. The molecule has 1 N–H and O–H groups in total. The van der Waals surface area contributed by atoms with Crippen molar-refractivity contribution in [3.63, 3.8) is 0 Å².